The summed E-state index contributed by atoms with van der Waals surface area (Å²) in [6.07, 6.45) is 9.30. The Bertz CT molecular complexity index is 853. The number of hydrogen-bond acceptors (Lipinski definition) is 5. The second kappa shape index (κ2) is 5.65. The van der Waals surface area contributed by atoms with Crippen LogP contribution in [0.2, 0.25) is 0 Å². The molecule has 0 aromatic heterocycles. The van der Waals surface area contributed by atoms with E-state index in [2.05, 4.69) is 19.9 Å². The Labute approximate surface area is 165 Å². The van der Waals surface area contributed by atoms with Gasteiger partial charge in [-0.15, -0.1) is 0 Å². The molecule has 1 spiro atoms. The van der Waals surface area contributed by atoms with Gasteiger partial charge in [0.25, 0.3) is 0 Å². The molecule has 28 heavy (non-hydrogen) atoms. The van der Waals surface area contributed by atoms with Crippen molar-refractivity contribution in [2.24, 2.45) is 22.7 Å². The standard InChI is InChI=1S/C23H28O5/c1-13(24)27-12-19(26)18-7-6-16-17-5-4-14-10-15(25)8-9-22(14,3)23(17)20(28-23)11-21(16,18)2/h7,10,16-17,20H,4-6,8-9,11-12H2,1-3H3/t16-,17-,20?,21-,22-,23-/m0/s1. The van der Waals surface area contributed by atoms with Crippen LogP contribution in [0.15, 0.2) is 23.3 Å². The maximum Gasteiger partial charge on any atom is 0.303 e. The summed E-state index contributed by atoms with van der Waals surface area (Å²) >= 11 is 0. The number of carbonyl (C=O) groups is 3. The van der Waals surface area contributed by atoms with Crippen molar-refractivity contribution in [2.75, 3.05) is 6.61 Å². The summed E-state index contributed by atoms with van der Waals surface area (Å²) in [5.74, 6) is 0.536. The molecule has 0 radical (unpaired) electrons. The summed E-state index contributed by atoms with van der Waals surface area (Å²) in [5, 5.41) is 0. The van der Waals surface area contributed by atoms with Gasteiger partial charge in [0.05, 0.1) is 6.10 Å². The Hall–Kier alpha value is -1.75. The number of carbonyl (C=O) groups excluding carboxylic acids is 3. The molecular weight excluding hydrogens is 356 g/mol. The zero-order valence-electron chi connectivity index (χ0n) is 16.9. The van der Waals surface area contributed by atoms with Gasteiger partial charge in [-0.1, -0.05) is 25.5 Å². The third-order valence-corrected chi connectivity index (χ3v) is 8.62. The molecule has 150 valence electrons. The van der Waals surface area contributed by atoms with E-state index in [0.717, 1.165) is 37.7 Å². The van der Waals surface area contributed by atoms with Gasteiger partial charge in [-0.3, -0.25) is 14.4 Å². The van der Waals surface area contributed by atoms with Crippen LogP contribution in [0.25, 0.3) is 0 Å². The molecule has 6 atom stereocenters. The monoisotopic (exact) mass is 384 g/mol. The fourth-order valence-electron chi connectivity index (χ4n) is 7.26. The molecule has 0 aromatic carbocycles. The van der Waals surface area contributed by atoms with Crippen molar-refractivity contribution in [3.05, 3.63) is 23.3 Å². The van der Waals surface area contributed by atoms with E-state index in [1.165, 1.54) is 12.5 Å². The van der Waals surface area contributed by atoms with Gasteiger partial charge in [0, 0.05) is 29.7 Å². The molecule has 0 aromatic rings. The summed E-state index contributed by atoms with van der Waals surface area (Å²) in [6.45, 7) is 5.66. The molecule has 0 N–H and O–H groups in total. The van der Waals surface area contributed by atoms with Gasteiger partial charge >= 0.3 is 5.97 Å². The van der Waals surface area contributed by atoms with E-state index >= 15 is 0 Å². The van der Waals surface area contributed by atoms with Gasteiger partial charge in [-0.05, 0) is 50.0 Å². The number of epoxide rings is 1. The zero-order valence-corrected chi connectivity index (χ0v) is 16.9. The summed E-state index contributed by atoms with van der Waals surface area (Å²) in [6, 6.07) is 0. The van der Waals surface area contributed by atoms with E-state index in [0.29, 0.717) is 18.3 Å². The van der Waals surface area contributed by atoms with Crippen LogP contribution in [-0.4, -0.2) is 35.8 Å². The number of Topliss-reactive ketones (excluding diaryl/α,β-unsaturated/α-hetero) is 1. The lowest BCUT2D eigenvalue weighted by Crippen LogP contribution is -2.57. The first kappa shape index (κ1) is 18.3. The molecule has 5 rings (SSSR count). The minimum absolute atomic E-state index is 0.0552. The molecule has 1 heterocycles. The molecule has 1 aliphatic heterocycles. The predicted molar refractivity (Wildman–Crippen MR) is 101 cm³/mol. The van der Waals surface area contributed by atoms with Crippen LogP contribution < -0.4 is 0 Å². The van der Waals surface area contributed by atoms with Crippen molar-refractivity contribution in [3.63, 3.8) is 0 Å². The van der Waals surface area contributed by atoms with Gasteiger partial charge in [0.2, 0.25) is 0 Å². The lowest BCUT2D eigenvalue weighted by Gasteiger charge is -2.55. The third-order valence-electron chi connectivity index (χ3n) is 8.62. The van der Waals surface area contributed by atoms with E-state index in [1.807, 2.05) is 6.08 Å². The molecule has 5 nitrogen and oxygen atoms in total. The normalized spacial score (nSPS) is 45.7. The van der Waals surface area contributed by atoms with E-state index < -0.39 is 5.97 Å². The number of ketones is 2. The number of ether oxygens (including phenoxy) is 2. The Morgan fingerprint density at radius 1 is 1.25 bits per heavy atom. The lowest BCUT2D eigenvalue weighted by molar-refractivity contribution is -0.145. The second-order valence-corrected chi connectivity index (χ2v) is 9.80. The largest absolute Gasteiger partial charge is 0.457 e. The van der Waals surface area contributed by atoms with Gasteiger partial charge in [0.1, 0.15) is 5.60 Å². The van der Waals surface area contributed by atoms with Gasteiger partial charge in [-0.2, -0.15) is 0 Å². The van der Waals surface area contributed by atoms with Crippen molar-refractivity contribution in [1.29, 1.82) is 0 Å². The number of rotatable bonds is 3. The van der Waals surface area contributed by atoms with Crippen molar-refractivity contribution in [1.82, 2.24) is 0 Å². The quantitative estimate of drug-likeness (QED) is 0.551. The lowest BCUT2D eigenvalue weighted by atomic mass is 9.46. The number of fused-ring (bicyclic) bond motifs is 3. The van der Waals surface area contributed by atoms with Crippen LogP contribution in [0.1, 0.15) is 59.3 Å². The SMILES string of the molecule is CC(=O)OCC(=O)C1=CC[C@H]2[C@@H]3CCC4=CC(=O)CC[C@]4(C)[C@]34OC4C[C@]12C. The summed E-state index contributed by atoms with van der Waals surface area (Å²) in [7, 11) is 0. The highest BCUT2D eigenvalue weighted by molar-refractivity contribution is 5.99. The molecule has 3 fully saturated rings. The summed E-state index contributed by atoms with van der Waals surface area (Å²) in [4.78, 5) is 35.9. The highest BCUT2D eigenvalue weighted by Crippen LogP contribution is 2.75. The average molecular weight is 384 g/mol. The number of allylic oxidation sites excluding steroid dienone is 2. The van der Waals surface area contributed by atoms with Crippen LogP contribution in [0.5, 0.6) is 0 Å². The number of hydrogen-bond donors (Lipinski definition) is 0. The predicted octanol–water partition coefficient (Wildman–Crippen LogP) is 3.32. The molecule has 0 bridgehead atoms. The molecule has 0 amide bonds. The molecule has 1 saturated heterocycles. The molecular formula is C23H28O5. The minimum Gasteiger partial charge on any atom is -0.457 e. The minimum atomic E-state index is -0.423. The second-order valence-electron chi connectivity index (χ2n) is 9.80. The van der Waals surface area contributed by atoms with E-state index in [9.17, 15) is 14.4 Å². The van der Waals surface area contributed by atoms with Crippen molar-refractivity contribution < 1.29 is 23.9 Å². The van der Waals surface area contributed by atoms with Crippen molar-refractivity contribution >= 4 is 17.5 Å². The molecule has 2 saturated carbocycles. The van der Waals surface area contributed by atoms with Gasteiger partial charge in [0.15, 0.2) is 18.2 Å². The van der Waals surface area contributed by atoms with Crippen LogP contribution in [0.4, 0.5) is 0 Å². The zero-order chi connectivity index (χ0) is 19.9. The first-order valence-corrected chi connectivity index (χ1v) is 10.5. The average Bonchev–Trinajstić information content (AvgIpc) is 3.25. The smallest absolute Gasteiger partial charge is 0.303 e. The summed E-state index contributed by atoms with van der Waals surface area (Å²) < 4.78 is 11.5. The number of esters is 1. The van der Waals surface area contributed by atoms with Crippen LogP contribution in [-0.2, 0) is 23.9 Å². The van der Waals surface area contributed by atoms with E-state index in [1.54, 1.807) is 0 Å². The topological polar surface area (TPSA) is 73.0 Å². The maximum absolute atomic E-state index is 12.8. The van der Waals surface area contributed by atoms with Crippen molar-refractivity contribution in [2.45, 2.75) is 71.0 Å². The first-order valence-electron chi connectivity index (χ1n) is 10.5. The van der Waals surface area contributed by atoms with Crippen LogP contribution in [0, 0.1) is 22.7 Å². The van der Waals surface area contributed by atoms with Gasteiger partial charge < -0.3 is 9.47 Å². The third kappa shape index (κ3) is 2.14. The molecule has 4 aliphatic carbocycles. The first-order chi connectivity index (χ1) is 13.2. The van der Waals surface area contributed by atoms with E-state index in [-0.39, 0.29) is 40.7 Å². The maximum atomic E-state index is 12.8. The fraction of sp³-hybridized carbons (Fsp3) is 0.696. The fourth-order valence-corrected chi connectivity index (χ4v) is 7.26. The van der Waals surface area contributed by atoms with Crippen molar-refractivity contribution in [3.8, 4) is 0 Å². The van der Waals surface area contributed by atoms with Crippen LogP contribution in [0.3, 0.4) is 0 Å². The highest BCUT2D eigenvalue weighted by Gasteiger charge is 2.78. The molecule has 5 aliphatic rings. The Morgan fingerprint density at radius 3 is 2.79 bits per heavy atom. The summed E-state index contributed by atoms with van der Waals surface area (Å²) in [5.41, 5.74) is 1.68. The molecule has 1 unspecified atom stereocenters. The Kier molecular flexibility index (Phi) is 3.69. The highest BCUT2D eigenvalue weighted by atomic mass is 16.6. The molecule has 5 heteroatoms. The van der Waals surface area contributed by atoms with E-state index in [4.69, 9.17) is 9.47 Å². The van der Waals surface area contributed by atoms with Crippen LogP contribution >= 0.6 is 0 Å². The Morgan fingerprint density at radius 2 is 2.04 bits per heavy atom. The van der Waals surface area contributed by atoms with Gasteiger partial charge in [-0.25, -0.2) is 0 Å². The Balaban J connectivity index is 1.45.